The average molecular weight is 171 g/mol. The molecule has 0 atom stereocenters. The van der Waals surface area contributed by atoms with Crippen LogP contribution in [0.2, 0.25) is 0 Å². The van der Waals surface area contributed by atoms with Crippen molar-refractivity contribution in [1.82, 2.24) is 0 Å². The van der Waals surface area contributed by atoms with Crippen LogP contribution in [0.1, 0.15) is 6.42 Å². The molecule has 0 radical (unpaired) electrons. The topological polar surface area (TPSA) is 37.3 Å². The molecule has 9 heavy (non-hydrogen) atoms. The summed E-state index contributed by atoms with van der Waals surface area (Å²) in [6.07, 6.45) is 4.40. The van der Waals surface area contributed by atoms with E-state index in [0.717, 1.165) is 5.75 Å². The molecule has 0 rings (SSSR count). The van der Waals surface area contributed by atoms with Gasteiger partial charge in [-0.15, -0.1) is 0 Å². The third-order valence-corrected chi connectivity index (χ3v) is 1.74. The maximum atomic E-state index is 9.91. The fourth-order valence-corrected chi connectivity index (χ4v) is 0.874. The average Bonchev–Trinajstić information content (AvgIpc) is 1.61. The van der Waals surface area contributed by atoms with E-state index in [1.54, 1.807) is 0 Å². The van der Waals surface area contributed by atoms with Crippen molar-refractivity contribution < 1.29 is 22.3 Å². The number of hydrogen-bond donors (Lipinski definition) is 1. The number of aliphatic carboxylic acids is 1. The number of hydrogen-bond acceptors (Lipinski definition) is 1. The SMILES string of the molecule is C[S+](C)CCC(=O)O.[Cl-]. The second kappa shape index (κ2) is 6.23. The van der Waals surface area contributed by atoms with Gasteiger partial charge in [0, 0.05) is 0 Å². The maximum Gasteiger partial charge on any atom is 0.308 e. The van der Waals surface area contributed by atoms with Crippen molar-refractivity contribution in [1.29, 1.82) is 0 Å². The van der Waals surface area contributed by atoms with Crippen LogP contribution in [0.25, 0.3) is 0 Å². The van der Waals surface area contributed by atoms with Crippen LogP contribution >= 0.6 is 0 Å². The van der Waals surface area contributed by atoms with Crippen LogP contribution < -0.4 is 12.4 Å². The molecule has 0 aromatic rings. The van der Waals surface area contributed by atoms with E-state index in [0.29, 0.717) is 6.42 Å². The number of carboxylic acids is 1. The third kappa shape index (κ3) is 11.6. The number of rotatable bonds is 3. The van der Waals surface area contributed by atoms with Crippen molar-refractivity contribution >= 4 is 16.9 Å². The van der Waals surface area contributed by atoms with E-state index in [1.165, 1.54) is 0 Å². The molecule has 56 valence electrons. The number of carbonyl (C=O) groups is 1. The molecule has 0 unspecified atom stereocenters. The minimum atomic E-state index is -0.689. The Hall–Kier alpha value is 0.110. The van der Waals surface area contributed by atoms with Gasteiger partial charge < -0.3 is 17.5 Å². The molecule has 0 aromatic carbocycles. The number of halogens is 1. The lowest BCUT2D eigenvalue weighted by atomic mass is 10.5. The standard InChI is InChI=1S/C5H10O2S.ClH/c1-8(2)4-3-5(6)7;/h3-4H2,1-2H3;1H. The minimum Gasteiger partial charge on any atom is -1.00 e. The van der Waals surface area contributed by atoms with Crippen LogP contribution in [-0.2, 0) is 15.7 Å². The summed E-state index contributed by atoms with van der Waals surface area (Å²) in [5.74, 6) is 0.126. The molecule has 0 heterocycles. The summed E-state index contributed by atoms with van der Waals surface area (Å²) in [5, 5.41) is 8.17. The summed E-state index contributed by atoms with van der Waals surface area (Å²) >= 11 is 0. The third-order valence-electron chi connectivity index (χ3n) is 0.724. The Labute approximate surface area is 64.4 Å². The first-order valence-electron chi connectivity index (χ1n) is 2.39. The first-order chi connectivity index (χ1) is 3.63. The van der Waals surface area contributed by atoms with Crippen LogP contribution in [0.3, 0.4) is 0 Å². The van der Waals surface area contributed by atoms with Crippen LogP contribution in [0, 0.1) is 0 Å². The van der Waals surface area contributed by atoms with Gasteiger partial charge >= 0.3 is 5.97 Å². The predicted octanol–water partition coefficient (Wildman–Crippen LogP) is -2.66. The highest BCUT2D eigenvalue weighted by Gasteiger charge is 2.04. The Morgan fingerprint density at radius 1 is 1.56 bits per heavy atom. The first kappa shape index (κ1) is 11.9. The normalized spacial score (nSPS) is 8.78. The van der Waals surface area contributed by atoms with Crippen molar-refractivity contribution in [2.45, 2.75) is 6.42 Å². The van der Waals surface area contributed by atoms with Crippen LogP contribution in [0.15, 0.2) is 0 Å². The Morgan fingerprint density at radius 2 is 2.00 bits per heavy atom. The lowest BCUT2D eigenvalue weighted by Gasteiger charge is -1.90. The van der Waals surface area contributed by atoms with Gasteiger partial charge in [0.15, 0.2) is 0 Å². The largest absolute Gasteiger partial charge is 1.00 e. The predicted molar refractivity (Wildman–Crippen MR) is 36.3 cm³/mol. The maximum absolute atomic E-state index is 9.91. The van der Waals surface area contributed by atoms with E-state index in [2.05, 4.69) is 0 Å². The summed E-state index contributed by atoms with van der Waals surface area (Å²) in [7, 11) is 0.283. The highest BCUT2D eigenvalue weighted by atomic mass is 35.5. The van der Waals surface area contributed by atoms with E-state index in [4.69, 9.17) is 5.11 Å². The molecule has 2 nitrogen and oxygen atoms in total. The van der Waals surface area contributed by atoms with Crippen LogP contribution in [-0.4, -0.2) is 29.3 Å². The lowest BCUT2D eigenvalue weighted by Crippen LogP contribution is -3.00. The monoisotopic (exact) mass is 170 g/mol. The molecular weight excluding hydrogens is 160 g/mol. The molecule has 0 aliphatic heterocycles. The molecule has 0 bridgehead atoms. The zero-order chi connectivity index (χ0) is 6.57. The molecule has 0 aliphatic carbocycles. The van der Waals surface area contributed by atoms with Crippen molar-refractivity contribution in [3.63, 3.8) is 0 Å². The fraction of sp³-hybridized carbons (Fsp3) is 0.800. The second-order valence-electron chi connectivity index (χ2n) is 1.83. The molecule has 0 aliphatic rings. The van der Waals surface area contributed by atoms with Gasteiger partial charge in [-0.05, 0) is 10.9 Å². The summed E-state index contributed by atoms with van der Waals surface area (Å²) in [5.41, 5.74) is 0. The second-order valence-corrected chi connectivity index (χ2v) is 4.21. The summed E-state index contributed by atoms with van der Waals surface area (Å²) in [6, 6.07) is 0. The lowest BCUT2D eigenvalue weighted by molar-refractivity contribution is -0.136. The van der Waals surface area contributed by atoms with Gasteiger partial charge in [0.1, 0.15) is 5.75 Å². The van der Waals surface area contributed by atoms with E-state index < -0.39 is 5.97 Å². The molecule has 0 spiro atoms. The first-order valence-corrected chi connectivity index (χ1v) is 4.60. The molecular formula is C5H11ClO2S. The molecule has 1 N–H and O–H groups in total. The molecule has 0 saturated carbocycles. The van der Waals surface area contributed by atoms with E-state index in [1.807, 2.05) is 12.5 Å². The van der Waals surface area contributed by atoms with Gasteiger partial charge in [-0.2, -0.15) is 0 Å². The van der Waals surface area contributed by atoms with Crippen molar-refractivity contribution in [2.24, 2.45) is 0 Å². The molecule has 0 aromatic heterocycles. The fourth-order valence-electron chi connectivity index (χ4n) is 0.291. The summed E-state index contributed by atoms with van der Waals surface area (Å²) in [4.78, 5) is 9.91. The van der Waals surface area contributed by atoms with Crippen molar-refractivity contribution in [3.05, 3.63) is 0 Å². The van der Waals surface area contributed by atoms with Crippen molar-refractivity contribution in [3.8, 4) is 0 Å². The van der Waals surface area contributed by atoms with Crippen LogP contribution in [0.4, 0.5) is 0 Å². The Bertz CT molecular complexity index is 85.0. The Balaban J connectivity index is 0. The zero-order valence-corrected chi connectivity index (χ0v) is 7.13. The molecule has 0 saturated heterocycles. The Morgan fingerprint density at radius 3 is 2.11 bits per heavy atom. The zero-order valence-electron chi connectivity index (χ0n) is 5.56. The number of carboxylic acid groups (broad SMARTS) is 1. The van der Waals surface area contributed by atoms with Gasteiger partial charge in [-0.1, -0.05) is 0 Å². The van der Waals surface area contributed by atoms with Gasteiger partial charge in [0.2, 0.25) is 0 Å². The summed E-state index contributed by atoms with van der Waals surface area (Å²) in [6.45, 7) is 0. The molecule has 0 amide bonds. The summed E-state index contributed by atoms with van der Waals surface area (Å²) < 4.78 is 0. The van der Waals surface area contributed by atoms with Crippen molar-refractivity contribution in [2.75, 3.05) is 18.3 Å². The quantitative estimate of drug-likeness (QED) is 0.470. The smallest absolute Gasteiger partial charge is 0.308 e. The molecule has 4 heteroatoms. The van der Waals surface area contributed by atoms with Gasteiger partial charge in [0.25, 0.3) is 0 Å². The van der Waals surface area contributed by atoms with E-state index in [9.17, 15) is 4.79 Å². The van der Waals surface area contributed by atoms with E-state index >= 15 is 0 Å². The van der Waals surface area contributed by atoms with Gasteiger partial charge in [0.05, 0.1) is 18.9 Å². The highest BCUT2D eigenvalue weighted by Crippen LogP contribution is 1.87. The highest BCUT2D eigenvalue weighted by molar-refractivity contribution is 7.95. The van der Waals surface area contributed by atoms with Gasteiger partial charge in [-0.3, -0.25) is 4.79 Å². The van der Waals surface area contributed by atoms with E-state index in [-0.39, 0.29) is 23.3 Å². The van der Waals surface area contributed by atoms with Gasteiger partial charge in [-0.25, -0.2) is 0 Å². The van der Waals surface area contributed by atoms with Crippen LogP contribution in [0.5, 0.6) is 0 Å². The molecule has 0 fully saturated rings. The Kier molecular flexibility index (Phi) is 8.21. The minimum absolute atomic E-state index is 0.